The molecule has 0 spiro atoms. The van der Waals surface area contributed by atoms with E-state index >= 15 is 0 Å². The van der Waals surface area contributed by atoms with Crippen LogP contribution in [0.2, 0.25) is 0 Å². The van der Waals surface area contributed by atoms with Crippen LogP contribution in [0, 0.1) is 23.7 Å². The Balaban J connectivity index is 0.699. The molecule has 2 saturated heterocycles. The zero-order valence-electron chi connectivity index (χ0n) is 46.1. The van der Waals surface area contributed by atoms with Crippen LogP contribution in [0.4, 0.5) is 0 Å². The number of nitrogens with one attached hydrogen (secondary N) is 4. The lowest BCUT2D eigenvalue weighted by Gasteiger charge is -2.18. The molecule has 0 bridgehead atoms. The van der Waals surface area contributed by atoms with Crippen molar-refractivity contribution in [3.63, 3.8) is 0 Å². The molecular formula is C66H76N6O9. The number of unbranched alkanes of at least 4 members (excludes halogenated alkanes) is 9. The minimum Gasteiger partial charge on any atom is -0.508 e. The first kappa shape index (κ1) is 56.5. The largest absolute Gasteiger partial charge is 0.508 e. The predicted molar refractivity (Wildman–Crippen MR) is 307 cm³/mol. The SMILES string of the molecule is O=C(OCCCCCCCCCCCCNC(=O)[C@@H]1CN(C(=O)c2ccc(C(=O)N3C[C@@H](C(=O)N[C@H]4C[C@@H]4c4ccccc4)[C@H](C(=O)N[C@H]4C[C@@H]4c4ccccc4)C3)cc2)C[C@H]1C(=O)N[C@H]1C[C@@H]1c1ccccc1)c1ccc(O)cc1. The van der Waals surface area contributed by atoms with Crippen molar-refractivity contribution in [2.24, 2.45) is 23.7 Å². The van der Waals surface area contributed by atoms with Crippen molar-refractivity contribution in [3.05, 3.63) is 173 Å². The first-order chi connectivity index (χ1) is 39.5. The number of likely N-dealkylation sites (tertiary alicyclic amines) is 2. The van der Waals surface area contributed by atoms with E-state index in [-0.39, 0.29) is 109 Å². The fraction of sp³-hybridized carbons (Fsp3) is 0.439. The monoisotopic (exact) mass is 1100 g/mol. The Morgan fingerprint density at radius 3 is 1.12 bits per heavy atom. The van der Waals surface area contributed by atoms with Crippen molar-refractivity contribution in [2.75, 3.05) is 39.3 Å². The lowest BCUT2D eigenvalue weighted by atomic mass is 9.94. The Morgan fingerprint density at radius 1 is 0.407 bits per heavy atom. The Bertz CT molecular complexity index is 2900. The normalized spacial score (nSPS) is 24.1. The smallest absolute Gasteiger partial charge is 0.338 e. The van der Waals surface area contributed by atoms with Gasteiger partial charge in [-0.1, -0.05) is 142 Å². The summed E-state index contributed by atoms with van der Waals surface area (Å²) < 4.78 is 5.34. The fourth-order valence-corrected chi connectivity index (χ4v) is 12.1. The molecule has 6 amide bonds. The molecule has 3 saturated carbocycles. The molecule has 424 valence electrons. The highest BCUT2D eigenvalue weighted by Gasteiger charge is 2.50. The Kier molecular flexibility index (Phi) is 18.6. The molecule has 5 fully saturated rings. The molecule has 5 N–H and O–H groups in total. The van der Waals surface area contributed by atoms with Crippen LogP contribution in [0.15, 0.2) is 140 Å². The van der Waals surface area contributed by atoms with E-state index in [2.05, 4.69) is 57.7 Å². The highest BCUT2D eigenvalue weighted by Crippen LogP contribution is 2.44. The van der Waals surface area contributed by atoms with E-state index in [9.17, 15) is 38.7 Å². The number of benzene rings is 5. The molecular weight excluding hydrogens is 1020 g/mol. The molecule has 3 aliphatic carbocycles. The topological polar surface area (TPSA) is 204 Å². The molecule has 15 nitrogen and oxygen atoms in total. The zero-order chi connectivity index (χ0) is 56.2. The summed E-state index contributed by atoms with van der Waals surface area (Å²) >= 11 is 0. The number of phenols is 1. The second-order valence-corrected chi connectivity index (χ2v) is 23.0. The molecule has 10 atom stereocenters. The van der Waals surface area contributed by atoms with Crippen LogP contribution in [-0.4, -0.2) is 114 Å². The highest BCUT2D eigenvalue weighted by molar-refractivity contribution is 6.00. The van der Waals surface area contributed by atoms with Gasteiger partial charge >= 0.3 is 5.97 Å². The number of ether oxygens (including phenoxy) is 1. The van der Waals surface area contributed by atoms with Crippen molar-refractivity contribution in [1.29, 1.82) is 0 Å². The number of nitrogens with zero attached hydrogens (tertiary/aromatic N) is 2. The molecule has 0 radical (unpaired) electrons. The molecule has 0 unspecified atom stereocenters. The Hall–Kier alpha value is -7.81. The summed E-state index contributed by atoms with van der Waals surface area (Å²) in [5.41, 5.74) is 4.52. The van der Waals surface area contributed by atoms with Crippen LogP contribution >= 0.6 is 0 Å². The third kappa shape index (κ3) is 14.8. The lowest BCUT2D eigenvalue weighted by molar-refractivity contribution is -0.133. The minimum absolute atomic E-state index is 0.0431. The molecule has 5 aliphatic rings. The van der Waals surface area contributed by atoms with E-state index in [1.807, 2.05) is 54.6 Å². The van der Waals surface area contributed by atoms with Gasteiger partial charge in [0, 0.05) is 79.7 Å². The predicted octanol–water partition coefficient (Wildman–Crippen LogP) is 8.66. The molecule has 10 rings (SSSR count). The molecule has 5 aromatic carbocycles. The third-order valence-electron chi connectivity index (χ3n) is 17.2. The van der Waals surface area contributed by atoms with Crippen LogP contribution in [-0.2, 0) is 23.9 Å². The van der Waals surface area contributed by atoms with E-state index in [0.717, 1.165) is 100 Å². The standard InChI is InChI=1S/C66H76N6O9/c73-49-32-30-48(31-33-49)66(80)81-35-19-8-6-4-2-1-3-5-7-18-34-67-60(74)53-39-71(40-54(53)61(75)68-57-36-50(57)43-20-12-9-13-21-43)64(78)46-26-28-47(29-27-46)65(79)72-41-55(62(76)69-58-37-51(58)44-22-14-10-15-23-44)56(42-72)63(77)70-59-38-52(59)45-24-16-11-17-25-45/h9-17,20-33,50-59,73H,1-8,18-19,34-42H2,(H,67,74)(H,68,75)(H,69,76)(H,70,77)/t50-,51-,52-,53-,54-,55-,56-,57+,58+,59+/m1/s1. The van der Waals surface area contributed by atoms with Crippen molar-refractivity contribution in [1.82, 2.24) is 31.1 Å². The number of aromatic hydroxyl groups is 1. The van der Waals surface area contributed by atoms with Gasteiger partial charge in [-0.3, -0.25) is 28.8 Å². The number of carbonyl (C=O) groups excluding carboxylic acids is 7. The number of esters is 1. The average molecular weight is 1100 g/mol. The van der Waals surface area contributed by atoms with Gasteiger partial charge in [-0.2, -0.15) is 0 Å². The van der Waals surface area contributed by atoms with Crippen LogP contribution in [0.5, 0.6) is 5.75 Å². The third-order valence-corrected chi connectivity index (χ3v) is 17.2. The van der Waals surface area contributed by atoms with Gasteiger partial charge in [0.05, 0.1) is 35.8 Å². The second-order valence-electron chi connectivity index (χ2n) is 23.0. The molecule has 2 heterocycles. The minimum atomic E-state index is -0.744. The maximum Gasteiger partial charge on any atom is 0.338 e. The number of amides is 6. The summed E-state index contributed by atoms with van der Waals surface area (Å²) in [4.78, 5) is 99.9. The van der Waals surface area contributed by atoms with Crippen molar-refractivity contribution in [2.45, 2.75) is 119 Å². The van der Waals surface area contributed by atoms with Gasteiger partial charge in [-0.05, 0) is 97.3 Å². The number of phenolic OH excluding ortho intramolecular Hbond substituents is 1. The molecule has 0 aromatic heterocycles. The highest BCUT2D eigenvalue weighted by atomic mass is 16.5. The van der Waals surface area contributed by atoms with Gasteiger partial charge in [0.2, 0.25) is 23.6 Å². The number of hydrogen-bond donors (Lipinski definition) is 5. The lowest BCUT2D eigenvalue weighted by Crippen LogP contribution is -2.43. The summed E-state index contributed by atoms with van der Waals surface area (Å²) in [6, 6.07) is 42.4. The number of carbonyl (C=O) groups is 7. The van der Waals surface area contributed by atoms with Crippen molar-refractivity contribution < 1.29 is 43.4 Å². The van der Waals surface area contributed by atoms with E-state index in [0.29, 0.717) is 29.8 Å². The van der Waals surface area contributed by atoms with E-state index in [1.54, 1.807) is 46.2 Å². The van der Waals surface area contributed by atoms with Gasteiger partial charge < -0.3 is 40.9 Å². The first-order valence-corrected chi connectivity index (χ1v) is 29.5. The van der Waals surface area contributed by atoms with E-state index in [1.165, 1.54) is 12.1 Å². The summed E-state index contributed by atoms with van der Waals surface area (Å²) in [5, 5.41) is 22.1. The molecule has 2 aliphatic heterocycles. The van der Waals surface area contributed by atoms with E-state index in [4.69, 9.17) is 4.74 Å². The Morgan fingerprint density at radius 2 is 0.741 bits per heavy atom. The number of rotatable bonds is 26. The summed E-state index contributed by atoms with van der Waals surface area (Å²) in [6.07, 6.45) is 12.6. The summed E-state index contributed by atoms with van der Waals surface area (Å²) in [7, 11) is 0. The van der Waals surface area contributed by atoms with Gasteiger partial charge in [0.25, 0.3) is 11.8 Å². The van der Waals surface area contributed by atoms with Crippen LogP contribution in [0.1, 0.15) is 149 Å². The maximum atomic E-state index is 14.3. The first-order valence-electron chi connectivity index (χ1n) is 29.5. The van der Waals surface area contributed by atoms with Gasteiger partial charge in [-0.25, -0.2) is 4.79 Å². The summed E-state index contributed by atoms with van der Waals surface area (Å²) in [5.74, 6) is -4.30. The second kappa shape index (κ2) is 26.6. The van der Waals surface area contributed by atoms with Crippen LogP contribution < -0.4 is 21.3 Å². The average Bonchev–Trinajstić information content (AvgIpc) is 4.52. The van der Waals surface area contributed by atoms with Crippen LogP contribution in [0.25, 0.3) is 0 Å². The number of hydrogen-bond acceptors (Lipinski definition) is 9. The van der Waals surface area contributed by atoms with Crippen molar-refractivity contribution in [3.8, 4) is 5.75 Å². The van der Waals surface area contributed by atoms with Crippen molar-refractivity contribution >= 4 is 41.4 Å². The van der Waals surface area contributed by atoms with Gasteiger partial charge in [0.15, 0.2) is 0 Å². The van der Waals surface area contributed by atoms with Crippen LogP contribution in [0.3, 0.4) is 0 Å². The molecule has 5 aromatic rings. The summed E-state index contributed by atoms with van der Waals surface area (Å²) in [6.45, 7) is 1.14. The van der Waals surface area contributed by atoms with Gasteiger partial charge in [-0.15, -0.1) is 0 Å². The van der Waals surface area contributed by atoms with Gasteiger partial charge in [0.1, 0.15) is 5.75 Å². The quantitative estimate of drug-likeness (QED) is 0.0265. The fourth-order valence-electron chi connectivity index (χ4n) is 12.1. The zero-order valence-corrected chi connectivity index (χ0v) is 46.1. The maximum absolute atomic E-state index is 14.3. The molecule has 81 heavy (non-hydrogen) atoms. The molecule has 15 heteroatoms. The van der Waals surface area contributed by atoms with E-state index < -0.39 is 23.7 Å². The Labute approximate surface area is 475 Å².